The zero-order chi connectivity index (χ0) is 20.5. The first-order chi connectivity index (χ1) is 14.2. The lowest BCUT2D eigenvalue weighted by Crippen LogP contribution is -2.39. The predicted octanol–water partition coefficient (Wildman–Crippen LogP) is 3.16. The van der Waals surface area contributed by atoms with Gasteiger partial charge in [-0.05, 0) is 41.9 Å². The van der Waals surface area contributed by atoms with Crippen molar-refractivity contribution in [2.45, 2.75) is 32.4 Å². The number of likely N-dealkylation sites (tertiary alicyclic amines) is 1. The molecule has 150 valence electrons. The lowest BCUT2D eigenvalue weighted by molar-refractivity contribution is -0.128. The lowest BCUT2D eigenvalue weighted by atomic mass is 9.90. The highest BCUT2D eigenvalue weighted by molar-refractivity contribution is 5.97. The molecule has 0 bridgehead atoms. The van der Waals surface area contributed by atoms with Gasteiger partial charge in [0.25, 0.3) is 5.91 Å². The van der Waals surface area contributed by atoms with E-state index in [1.54, 1.807) is 4.90 Å². The van der Waals surface area contributed by atoms with E-state index in [-0.39, 0.29) is 18.1 Å². The number of rotatable bonds is 7. The van der Waals surface area contributed by atoms with Crippen LogP contribution in [0, 0.1) is 17.2 Å². The predicted molar refractivity (Wildman–Crippen MR) is 112 cm³/mol. The van der Waals surface area contributed by atoms with Crippen molar-refractivity contribution in [2.75, 3.05) is 13.1 Å². The van der Waals surface area contributed by atoms with Gasteiger partial charge in [0.2, 0.25) is 0 Å². The molecular weight excluding hydrogens is 362 g/mol. The fraction of sp³-hybridized carbons (Fsp3) is 0.333. The molecule has 5 nitrogen and oxygen atoms in total. The Balaban J connectivity index is 1.49. The smallest absolute Gasteiger partial charge is 0.265 e. The Kier molecular flexibility index (Phi) is 7.43. The summed E-state index contributed by atoms with van der Waals surface area (Å²) in [5, 5.41) is 21.5. The number of hydrogen-bond acceptors (Lipinski definition) is 4. The third kappa shape index (κ3) is 5.94. The number of aliphatic hydroxyl groups excluding tert-OH is 1. The molecule has 1 aliphatic rings. The summed E-state index contributed by atoms with van der Waals surface area (Å²) in [4.78, 5) is 14.5. The molecular formula is C24H27N3O2. The van der Waals surface area contributed by atoms with Gasteiger partial charge >= 0.3 is 0 Å². The van der Waals surface area contributed by atoms with Crippen LogP contribution in [0.5, 0.6) is 0 Å². The number of hydrogen-bond donors (Lipinski definition) is 2. The Labute approximate surface area is 172 Å². The highest BCUT2D eigenvalue weighted by Crippen LogP contribution is 2.22. The average molecular weight is 389 g/mol. The molecule has 0 aliphatic carbocycles. The van der Waals surface area contributed by atoms with E-state index in [4.69, 9.17) is 5.11 Å². The van der Waals surface area contributed by atoms with E-state index < -0.39 is 0 Å². The number of nitrogens with one attached hydrogen (secondary N) is 1. The summed E-state index contributed by atoms with van der Waals surface area (Å²) in [5.74, 6) is 0.379. The molecule has 3 rings (SSSR count). The number of aliphatic hydroxyl groups is 1. The van der Waals surface area contributed by atoms with E-state index in [1.165, 1.54) is 11.8 Å². The van der Waals surface area contributed by atoms with Crippen LogP contribution in [0.15, 0.2) is 66.4 Å². The molecule has 0 aromatic heterocycles. The number of benzene rings is 2. The number of nitrogens with zero attached hydrogens (tertiary/aromatic N) is 2. The SMILES string of the molecule is N#C/C(=C/NCc1ccc(CO)cc1)C(=O)N1CCC(Cc2ccccc2)CC1. The zero-order valence-corrected chi connectivity index (χ0v) is 16.6. The van der Waals surface area contributed by atoms with E-state index in [2.05, 4.69) is 29.6 Å². The van der Waals surface area contributed by atoms with Gasteiger partial charge in [-0.15, -0.1) is 0 Å². The summed E-state index contributed by atoms with van der Waals surface area (Å²) in [6.07, 6.45) is 4.48. The molecule has 0 unspecified atom stereocenters. The summed E-state index contributed by atoms with van der Waals surface area (Å²) in [6, 6.07) is 20.0. The molecule has 5 heteroatoms. The Bertz CT molecular complexity index is 861. The minimum absolute atomic E-state index is 0.0166. The van der Waals surface area contributed by atoms with Gasteiger partial charge in [0.1, 0.15) is 11.6 Å². The number of carbonyl (C=O) groups is 1. The second-order valence-electron chi connectivity index (χ2n) is 7.45. The van der Waals surface area contributed by atoms with E-state index in [9.17, 15) is 10.1 Å². The topological polar surface area (TPSA) is 76.4 Å². The minimum atomic E-state index is -0.200. The Morgan fingerprint density at radius 2 is 1.72 bits per heavy atom. The summed E-state index contributed by atoms with van der Waals surface area (Å²) < 4.78 is 0. The summed E-state index contributed by atoms with van der Waals surface area (Å²) >= 11 is 0. The van der Waals surface area contributed by atoms with Crippen LogP contribution in [0.4, 0.5) is 0 Å². The van der Waals surface area contributed by atoms with Crippen molar-refractivity contribution in [3.63, 3.8) is 0 Å². The number of nitriles is 1. The van der Waals surface area contributed by atoms with E-state index in [1.807, 2.05) is 36.4 Å². The van der Waals surface area contributed by atoms with Gasteiger partial charge in [-0.3, -0.25) is 4.79 Å². The molecule has 1 fully saturated rings. The first kappa shape index (κ1) is 20.6. The molecule has 0 radical (unpaired) electrons. The summed E-state index contributed by atoms with van der Waals surface area (Å²) in [6.45, 7) is 1.92. The molecule has 1 saturated heterocycles. The third-order valence-corrected chi connectivity index (χ3v) is 5.38. The van der Waals surface area contributed by atoms with Crippen LogP contribution in [-0.4, -0.2) is 29.0 Å². The van der Waals surface area contributed by atoms with Crippen molar-refractivity contribution < 1.29 is 9.90 Å². The second-order valence-corrected chi connectivity index (χ2v) is 7.45. The number of amides is 1. The first-order valence-corrected chi connectivity index (χ1v) is 10.0. The molecule has 1 amide bonds. The first-order valence-electron chi connectivity index (χ1n) is 10.0. The Hall–Kier alpha value is -3.10. The fourth-order valence-corrected chi connectivity index (χ4v) is 3.63. The highest BCUT2D eigenvalue weighted by Gasteiger charge is 2.25. The number of carbonyl (C=O) groups excluding carboxylic acids is 1. The molecule has 0 atom stereocenters. The normalized spacial score (nSPS) is 15.0. The van der Waals surface area contributed by atoms with Gasteiger partial charge in [0.05, 0.1) is 6.61 Å². The summed E-state index contributed by atoms with van der Waals surface area (Å²) in [7, 11) is 0. The largest absolute Gasteiger partial charge is 0.392 e. The maximum Gasteiger partial charge on any atom is 0.265 e. The Morgan fingerprint density at radius 1 is 1.07 bits per heavy atom. The van der Waals surface area contributed by atoms with E-state index >= 15 is 0 Å². The van der Waals surface area contributed by atoms with Crippen LogP contribution in [0.25, 0.3) is 0 Å². The van der Waals surface area contributed by atoms with Crippen molar-refractivity contribution >= 4 is 5.91 Å². The molecule has 1 aliphatic heterocycles. The standard InChI is InChI=1S/C24H27N3O2/c25-15-23(17-26-16-21-6-8-22(18-28)9-7-21)24(29)27-12-10-20(11-13-27)14-19-4-2-1-3-5-19/h1-9,17,20,26,28H,10-14,16,18H2/b23-17-. The van der Waals surface area contributed by atoms with Gasteiger partial charge in [-0.1, -0.05) is 54.6 Å². The van der Waals surface area contributed by atoms with Gasteiger partial charge in [-0.2, -0.15) is 5.26 Å². The monoisotopic (exact) mass is 389 g/mol. The molecule has 1 heterocycles. The van der Waals surface area contributed by atoms with Crippen molar-refractivity contribution in [1.29, 1.82) is 5.26 Å². The van der Waals surface area contributed by atoms with Crippen molar-refractivity contribution in [3.05, 3.63) is 83.1 Å². The van der Waals surface area contributed by atoms with Crippen LogP contribution in [0.3, 0.4) is 0 Å². The lowest BCUT2D eigenvalue weighted by Gasteiger charge is -2.32. The molecule has 2 N–H and O–H groups in total. The van der Waals surface area contributed by atoms with Crippen molar-refractivity contribution in [3.8, 4) is 6.07 Å². The molecule has 29 heavy (non-hydrogen) atoms. The maximum atomic E-state index is 12.7. The minimum Gasteiger partial charge on any atom is -0.392 e. The average Bonchev–Trinajstić information content (AvgIpc) is 2.78. The number of piperidine rings is 1. The van der Waals surface area contributed by atoms with Crippen molar-refractivity contribution in [2.24, 2.45) is 5.92 Å². The van der Waals surface area contributed by atoms with Gasteiger partial charge in [-0.25, -0.2) is 0 Å². The molecule has 2 aromatic rings. The molecule has 0 spiro atoms. The summed E-state index contributed by atoms with van der Waals surface area (Å²) in [5.41, 5.74) is 3.35. The van der Waals surface area contributed by atoms with Gasteiger partial charge in [0, 0.05) is 25.8 Å². The molecule has 2 aromatic carbocycles. The quantitative estimate of drug-likeness (QED) is 0.563. The van der Waals surface area contributed by atoms with Crippen LogP contribution in [0.1, 0.15) is 29.5 Å². The van der Waals surface area contributed by atoms with E-state index in [0.29, 0.717) is 25.6 Å². The fourth-order valence-electron chi connectivity index (χ4n) is 3.63. The van der Waals surface area contributed by atoms with Gasteiger partial charge < -0.3 is 15.3 Å². The van der Waals surface area contributed by atoms with Crippen molar-refractivity contribution in [1.82, 2.24) is 10.2 Å². The van der Waals surface area contributed by atoms with Gasteiger partial charge in [0.15, 0.2) is 0 Å². The van der Waals surface area contributed by atoms with Crippen LogP contribution < -0.4 is 5.32 Å². The zero-order valence-electron chi connectivity index (χ0n) is 16.6. The second kappa shape index (κ2) is 10.4. The third-order valence-electron chi connectivity index (χ3n) is 5.38. The maximum absolute atomic E-state index is 12.7. The molecule has 0 saturated carbocycles. The van der Waals surface area contributed by atoms with E-state index in [0.717, 1.165) is 30.4 Å². The van der Waals surface area contributed by atoms with Crippen LogP contribution in [-0.2, 0) is 24.4 Å². The highest BCUT2D eigenvalue weighted by atomic mass is 16.3. The van der Waals surface area contributed by atoms with Crippen LogP contribution >= 0.6 is 0 Å². The Morgan fingerprint density at radius 3 is 2.34 bits per heavy atom. The van der Waals surface area contributed by atoms with Crippen LogP contribution in [0.2, 0.25) is 0 Å².